The van der Waals surface area contributed by atoms with Gasteiger partial charge in [0.05, 0.1) is 18.1 Å². The SMILES string of the molecule is CC(C)(C)[Si](C)(C)O[C@@H]1C[C@@H](C#N)[C@]2(C)CCC=C(C[Si](C)(C)C)[C@H]12. The second-order valence-electron chi connectivity index (χ2n) is 11.4. The molecule has 4 atom stereocenters. The van der Waals surface area contributed by atoms with Crippen molar-refractivity contribution in [1.82, 2.24) is 0 Å². The minimum Gasteiger partial charge on any atom is -0.413 e. The van der Waals surface area contributed by atoms with Gasteiger partial charge < -0.3 is 4.43 Å². The van der Waals surface area contributed by atoms with Crippen LogP contribution >= 0.6 is 0 Å². The van der Waals surface area contributed by atoms with Crippen molar-refractivity contribution in [2.45, 2.75) is 96.9 Å². The molecule has 25 heavy (non-hydrogen) atoms. The largest absolute Gasteiger partial charge is 0.413 e. The van der Waals surface area contributed by atoms with Gasteiger partial charge in [-0.05, 0) is 48.9 Å². The maximum absolute atomic E-state index is 9.86. The first kappa shape index (κ1) is 20.9. The predicted molar refractivity (Wildman–Crippen MR) is 113 cm³/mol. The van der Waals surface area contributed by atoms with E-state index in [2.05, 4.69) is 72.6 Å². The molecular weight excluding hydrogens is 338 g/mol. The second-order valence-corrected chi connectivity index (χ2v) is 21.6. The van der Waals surface area contributed by atoms with Crippen molar-refractivity contribution in [3.05, 3.63) is 11.6 Å². The Hall–Kier alpha value is -0.376. The minimum atomic E-state index is -1.84. The molecule has 0 saturated heterocycles. The van der Waals surface area contributed by atoms with Crippen LogP contribution < -0.4 is 0 Å². The summed E-state index contributed by atoms with van der Waals surface area (Å²) in [5, 5.41) is 10.1. The number of allylic oxidation sites excluding steroid dienone is 1. The predicted octanol–water partition coefficient (Wildman–Crippen LogP) is 6.60. The lowest BCUT2D eigenvalue weighted by molar-refractivity contribution is 0.101. The fourth-order valence-electron chi connectivity index (χ4n) is 4.63. The number of rotatable bonds is 4. The van der Waals surface area contributed by atoms with E-state index in [1.165, 1.54) is 6.04 Å². The molecule has 2 nitrogen and oxygen atoms in total. The summed E-state index contributed by atoms with van der Waals surface area (Å²) in [7, 11) is -3.03. The first-order valence-corrected chi connectivity index (χ1v) is 16.6. The lowest BCUT2D eigenvalue weighted by Gasteiger charge is -2.45. The Balaban J connectivity index is 2.39. The minimum absolute atomic E-state index is 0.103. The van der Waals surface area contributed by atoms with E-state index in [1.807, 2.05) is 0 Å². The van der Waals surface area contributed by atoms with Gasteiger partial charge in [-0.1, -0.05) is 59.0 Å². The van der Waals surface area contributed by atoms with Crippen LogP contribution in [0.2, 0.25) is 43.8 Å². The Morgan fingerprint density at radius 3 is 2.32 bits per heavy atom. The Bertz CT molecular complexity index is 576. The van der Waals surface area contributed by atoms with Crippen molar-refractivity contribution in [3.63, 3.8) is 0 Å². The first-order chi connectivity index (χ1) is 11.2. The van der Waals surface area contributed by atoms with Crippen LogP contribution in [-0.4, -0.2) is 22.5 Å². The van der Waals surface area contributed by atoms with Gasteiger partial charge in [-0.15, -0.1) is 0 Å². The molecule has 1 fully saturated rings. The van der Waals surface area contributed by atoms with Crippen LogP contribution in [0.5, 0.6) is 0 Å². The summed E-state index contributed by atoms with van der Waals surface area (Å²) < 4.78 is 6.94. The third-order valence-corrected chi connectivity index (χ3v) is 13.0. The zero-order valence-electron chi connectivity index (χ0n) is 18.0. The molecule has 2 aliphatic rings. The van der Waals surface area contributed by atoms with Crippen molar-refractivity contribution in [3.8, 4) is 6.07 Å². The van der Waals surface area contributed by atoms with E-state index in [0.29, 0.717) is 5.92 Å². The zero-order valence-corrected chi connectivity index (χ0v) is 20.0. The molecule has 0 unspecified atom stereocenters. The van der Waals surface area contributed by atoms with Crippen LogP contribution in [-0.2, 0) is 4.43 Å². The highest BCUT2D eigenvalue weighted by Crippen LogP contribution is 2.58. The molecule has 0 aliphatic heterocycles. The molecular formula is C21H39NOSi2. The van der Waals surface area contributed by atoms with Gasteiger partial charge in [0, 0.05) is 14.0 Å². The van der Waals surface area contributed by atoms with Crippen molar-refractivity contribution in [2.75, 3.05) is 0 Å². The van der Waals surface area contributed by atoms with Crippen molar-refractivity contribution in [1.29, 1.82) is 5.26 Å². The van der Waals surface area contributed by atoms with Crippen LogP contribution in [0.15, 0.2) is 11.6 Å². The van der Waals surface area contributed by atoms with Crippen LogP contribution in [0.4, 0.5) is 0 Å². The van der Waals surface area contributed by atoms with E-state index >= 15 is 0 Å². The maximum atomic E-state index is 9.86. The van der Waals surface area contributed by atoms with Crippen molar-refractivity contribution in [2.24, 2.45) is 17.3 Å². The molecule has 0 N–H and O–H groups in total. The average Bonchev–Trinajstić information content (AvgIpc) is 2.68. The Morgan fingerprint density at radius 1 is 1.24 bits per heavy atom. The topological polar surface area (TPSA) is 33.0 Å². The summed E-state index contributed by atoms with van der Waals surface area (Å²) in [5.74, 6) is 0.587. The fraction of sp³-hybridized carbons (Fsp3) is 0.857. The summed E-state index contributed by atoms with van der Waals surface area (Å²) in [4.78, 5) is 0. The molecule has 0 aromatic heterocycles. The Labute approximate surface area is 158 Å². The molecule has 0 aromatic carbocycles. The van der Waals surface area contributed by atoms with E-state index in [4.69, 9.17) is 4.43 Å². The highest BCUT2D eigenvalue weighted by molar-refractivity contribution is 6.76. The summed E-state index contributed by atoms with van der Waals surface area (Å²) in [6.07, 6.45) is 5.94. The van der Waals surface area contributed by atoms with E-state index in [0.717, 1.165) is 19.3 Å². The van der Waals surface area contributed by atoms with Gasteiger partial charge in [0.15, 0.2) is 8.32 Å². The molecule has 0 amide bonds. The molecule has 0 aromatic rings. The maximum Gasteiger partial charge on any atom is 0.192 e. The molecule has 0 heterocycles. The van der Waals surface area contributed by atoms with Crippen LogP contribution in [0.25, 0.3) is 0 Å². The number of hydrogen-bond acceptors (Lipinski definition) is 2. The van der Waals surface area contributed by atoms with Crippen molar-refractivity contribution >= 4 is 16.4 Å². The van der Waals surface area contributed by atoms with Gasteiger partial charge in [0.2, 0.25) is 0 Å². The van der Waals surface area contributed by atoms with Gasteiger partial charge in [0.1, 0.15) is 0 Å². The van der Waals surface area contributed by atoms with Gasteiger partial charge in [-0.3, -0.25) is 0 Å². The smallest absolute Gasteiger partial charge is 0.192 e. The molecule has 142 valence electrons. The Morgan fingerprint density at radius 2 is 1.84 bits per heavy atom. The third kappa shape index (κ3) is 4.14. The molecule has 4 heteroatoms. The van der Waals surface area contributed by atoms with Crippen LogP contribution in [0, 0.1) is 28.6 Å². The van der Waals surface area contributed by atoms with Crippen LogP contribution in [0.1, 0.15) is 47.0 Å². The third-order valence-electron chi connectivity index (χ3n) is 6.98. The standard InChI is InChI=1S/C21H39NOSi2/c1-20(2,3)25(8,9)23-18-13-17(14-22)21(4)12-10-11-16(19(18)21)15-24(5,6)7/h11,17-19H,10,12-13,15H2,1-9H3/t17-,18+,19+,21-/m0/s1. The number of nitriles is 1. The van der Waals surface area contributed by atoms with Crippen molar-refractivity contribution < 1.29 is 4.43 Å². The van der Waals surface area contributed by atoms with Gasteiger partial charge in [-0.25, -0.2) is 0 Å². The van der Waals surface area contributed by atoms with Gasteiger partial charge >= 0.3 is 0 Å². The van der Waals surface area contributed by atoms with Crippen LogP contribution in [0.3, 0.4) is 0 Å². The highest BCUT2D eigenvalue weighted by Gasteiger charge is 2.56. The number of nitrogens with zero attached hydrogens (tertiary/aromatic N) is 1. The summed E-state index contributed by atoms with van der Waals surface area (Å²) in [6, 6.07) is 3.91. The van der Waals surface area contributed by atoms with E-state index in [9.17, 15) is 5.26 Å². The molecule has 0 bridgehead atoms. The lowest BCUT2D eigenvalue weighted by Crippen LogP contribution is -2.47. The lowest BCUT2D eigenvalue weighted by atomic mass is 9.65. The van der Waals surface area contributed by atoms with E-state index in [1.54, 1.807) is 5.57 Å². The highest BCUT2D eigenvalue weighted by atomic mass is 28.4. The average molecular weight is 378 g/mol. The molecule has 1 saturated carbocycles. The number of hydrogen-bond donors (Lipinski definition) is 0. The second kappa shape index (κ2) is 6.66. The van der Waals surface area contributed by atoms with E-state index < -0.39 is 16.4 Å². The van der Waals surface area contributed by atoms with E-state index in [-0.39, 0.29) is 22.5 Å². The molecule has 2 rings (SSSR count). The monoisotopic (exact) mass is 377 g/mol. The molecule has 0 spiro atoms. The van der Waals surface area contributed by atoms with Gasteiger partial charge in [0.25, 0.3) is 0 Å². The molecule has 0 radical (unpaired) electrons. The summed E-state index contributed by atoms with van der Waals surface area (Å²) in [6.45, 7) is 21.4. The normalized spacial score (nSPS) is 33.6. The first-order valence-electron chi connectivity index (χ1n) is 9.98. The summed E-state index contributed by atoms with van der Waals surface area (Å²) in [5.41, 5.74) is 1.72. The summed E-state index contributed by atoms with van der Waals surface area (Å²) >= 11 is 0. The quantitative estimate of drug-likeness (QED) is 0.408. The number of fused-ring (bicyclic) bond motifs is 1. The van der Waals surface area contributed by atoms with Gasteiger partial charge in [-0.2, -0.15) is 5.26 Å². The zero-order chi connectivity index (χ0) is 19.3. The Kier molecular flexibility index (Phi) is 5.57. The fourth-order valence-corrected chi connectivity index (χ4v) is 7.56. The molecule has 2 aliphatic carbocycles.